The van der Waals surface area contributed by atoms with Gasteiger partial charge in [0.1, 0.15) is 0 Å². The third-order valence-corrected chi connectivity index (χ3v) is 5.73. The molecule has 0 radical (unpaired) electrons. The maximum atomic E-state index is 12.8. The fourth-order valence-electron chi connectivity index (χ4n) is 3.51. The molecule has 7 heteroatoms. The molecule has 6 nitrogen and oxygen atoms in total. The van der Waals surface area contributed by atoms with E-state index in [1.807, 2.05) is 43.3 Å². The van der Waals surface area contributed by atoms with Crippen LogP contribution in [0.25, 0.3) is 11.3 Å². The molecule has 1 amide bonds. The molecule has 154 valence electrons. The molecule has 0 bridgehead atoms. The Kier molecular flexibility index (Phi) is 5.72. The second kappa shape index (κ2) is 8.44. The van der Waals surface area contributed by atoms with Crippen LogP contribution in [-0.4, -0.2) is 26.8 Å². The maximum absolute atomic E-state index is 12.8. The molecule has 0 saturated heterocycles. The molecule has 1 aromatic heterocycles. The third kappa shape index (κ3) is 3.77. The van der Waals surface area contributed by atoms with E-state index in [1.165, 1.54) is 17.3 Å². The number of fused-ring (bicyclic) bond motifs is 3. The molecule has 30 heavy (non-hydrogen) atoms. The van der Waals surface area contributed by atoms with Crippen LogP contribution in [0.15, 0.2) is 53.7 Å². The van der Waals surface area contributed by atoms with Crippen LogP contribution in [0.2, 0.25) is 0 Å². The Morgan fingerprint density at radius 2 is 1.87 bits per heavy atom. The van der Waals surface area contributed by atoms with E-state index in [4.69, 9.17) is 4.74 Å². The minimum absolute atomic E-state index is 0.121. The van der Waals surface area contributed by atoms with Crippen molar-refractivity contribution in [1.82, 2.24) is 15.2 Å². The third-order valence-electron chi connectivity index (χ3n) is 5.01. The van der Waals surface area contributed by atoms with Crippen LogP contribution in [0.3, 0.4) is 0 Å². The summed E-state index contributed by atoms with van der Waals surface area (Å²) in [5, 5.41) is 9.20. The quantitative estimate of drug-likeness (QED) is 0.539. The van der Waals surface area contributed by atoms with E-state index in [2.05, 4.69) is 41.2 Å². The van der Waals surface area contributed by atoms with Gasteiger partial charge in [-0.15, -0.1) is 10.2 Å². The summed E-state index contributed by atoms with van der Waals surface area (Å²) in [6.45, 7) is 7.89. The molecule has 4 rings (SSSR count). The van der Waals surface area contributed by atoms with Crippen LogP contribution in [0.1, 0.15) is 51.0 Å². The molecule has 1 aliphatic rings. The Morgan fingerprint density at radius 1 is 1.13 bits per heavy atom. The summed E-state index contributed by atoms with van der Waals surface area (Å²) in [4.78, 5) is 19.0. The van der Waals surface area contributed by atoms with Gasteiger partial charge in [0.25, 0.3) is 0 Å². The molecule has 0 aliphatic carbocycles. The standard InChI is InChI=1S/C23H24N4O2S/c1-5-30-23-24-21-20(25-26-23)18-8-6-7-9-19(18)27(15(4)28)22(29-21)17-12-10-16(11-13-17)14(2)3/h6-14,22H,5H2,1-4H3/t22-/m0/s1. The Labute approximate surface area is 180 Å². The Balaban J connectivity index is 1.89. The van der Waals surface area contributed by atoms with Gasteiger partial charge in [0.2, 0.25) is 23.2 Å². The number of carbonyl (C=O) groups is 1. The van der Waals surface area contributed by atoms with E-state index < -0.39 is 6.23 Å². The molecule has 0 N–H and O–H groups in total. The summed E-state index contributed by atoms with van der Waals surface area (Å²) in [7, 11) is 0. The van der Waals surface area contributed by atoms with Gasteiger partial charge in [0.15, 0.2) is 5.69 Å². The predicted molar refractivity (Wildman–Crippen MR) is 119 cm³/mol. The zero-order valence-electron chi connectivity index (χ0n) is 17.5. The number of thioether (sulfide) groups is 1. The lowest BCUT2D eigenvalue weighted by Crippen LogP contribution is -2.36. The van der Waals surface area contributed by atoms with Crippen molar-refractivity contribution in [1.29, 1.82) is 0 Å². The Morgan fingerprint density at radius 3 is 2.53 bits per heavy atom. The average Bonchev–Trinajstić information content (AvgIpc) is 2.88. The highest BCUT2D eigenvalue weighted by atomic mass is 32.2. The molecule has 0 unspecified atom stereocenters. The first-order chi connectivity index (χ1) is 14.5. The molecule has 2 aromatic carbocycles. The Hall–Kier alpha value is -2.93. The molecular weight excluding hydrogens is 396 g/mol. The van der Waals surface area contributed by atoms with Crippen molar-refractivity contribution in [2.75, 3.05) is 10.7 Å². The van der Waals surface area contributed by atoms with Gasteiger partial charge < -0.3 is 4.74 Å². The second-order valence-electron chi connectivity index (χ2n) is 7.38. The van der Waals surface area contributed by atoms with E-state index in [-0.39, 0.29) is 5.91 Å². The highest BCUT2D eigenvalue weighted by molar-refractivity contribution is 7.99. The minimum Gasteiger partial charge on any atom is -0.447 e. The van der Waals surface area contributed by atoms with Crippen LogP contribution in [-0.2, 0) is 4.79 Å². The summed E-state index contributed by atoms with van der Waals surface area (Å²) in [6.07, 6.45) is -0.651. The number of hydrogen-bond donors (Lipinski definition) is 0. The number of para-hydroxylation sites is 1. The molecule has 2 heterocycles. The Bertz CT molecular complexity index is 1070. The van der Waals surface area contributed by atoms with E-state index in [1.54, 1.807) is 11.8 Å². The van der Waals surface area contributed by atoms with Crippen molar-refractivity contribution in [2.45, 2.75) is 45.0 Å². The largest absolute Gasteiger partial charge is 0.447 e. The van der Waals surface area contributed by atoms with E-state index in [0.29, 0.717) is 22.6 Å². The molecule has 0 fully saturated rings. The second-order valence-corrected chi connectivity index (χ2v) is 8.61. The van der Waals surface area contributed by atoms with Gasteiger partial charge in [-0.1, -0.05) is 75.0 Å². The first kappa shape index (κ1) is 20.3. The maximum Gasteiger partial charge on any atom is 0.247 e. The lowest BCUT2D eigenvalue weighted by molar-refractivity contribution is -0.118. The lowest BCUT2D eigenvalue weighted by Gasteiger charge is -2.30. The monoisotopic (exact) mass is 420 g/mol. The smallest absolute Gasteiger partial charge is 0.247 e. The van der Waals surface area contributed by atoms with Crippen molar-refractivity contribution >= 4 is 23.4 Å². The minimum atomic E-state index is -0.651. The number of nitrogens with zero attached hydrogens (tertiary/aromatic N) is 4. The first-order valence-corrected chi connectivity index (χ1v) is 11.0. The summed E-state index contributed by atoms with van der Waals surface area (Å²) >= 11 is 1.50. The fourth-order valence-corrected chi connectivity index (χ4v) is 4.01. The van der Waals surface area contributed by atoms with Crippen LogP contribution in [0, 0.1) is 0 Å². The number of carbonyl (C=O) groups excluding carboxylic acids is 1. The van der Waals surface area contributed by atoms with E-state index in [0.717, 1.165) is 22.6 Å². The molecule has 1 atom stereocenters. The number of amides is 1. The van der Waals surface area contributed by atoms with Crippen molar-refractivity contribution in [2.24, 2.45) is 0 Å². The summed E-state index contributed by atoms with van der Waals surface area (Å²) in [5.74, 6) is 1.51. The molecule has 0 saturated carbocycles. The fraction of sp³-hybridized carbons (Fsp3) is 0.304. The number of benzene rings is 2. The van der Waals surface area contributed by atoms with Crippen LogP contribution in [0.5, 0.6) is 5.88 Å². The van der Waals surface area contributed by atoms with Crippen molar-refractivity contribution in [3.8, 4) is 17.1 Å². The number of ether oxygens (including phenoxy) is 1. The summed E-state index contributed by atoms with van der Waals surface area (Å²) < 4.78 is 6.36. The van der Waals surface area contributed by atoms with Crippen molar-refractivity contribution < 1.29 is 9.53 Å². The van der Waals surface area contributed by atoms with Crippen LogP contribution in [0.4, 0.5) is 5.69 Å². The zero-order chi connectivity index (χ0) is 21.3. The van der Waals surface area contributed by atoms with Gasteiger partial charge in [-0.25, -0.2) is 0 Å². The van der Waals surface area contributed by atoms with Crippen LogP contribution < -0.4 is 9.64 Å². The van der Waals surface area contributed by atoms with Crippen LogP contribution >= 0.6 is 11.8 Å². The topological polar surface area (TPSA) is 68.2 Å². The average molecular weight is 421 g/mol. The van der Waals surface area contributed by atoms with Gasteiger partial charge in [-0.05, 0) is 23.3 Å². The molecule has 0 spiro atoms. The zero-order valence-corrected chi connectivity index (χ0v) is 18.3. The van der Waals surface area contributed by atoms with Gasteiger partial charge in [0.05, 0.1) is 5.69 Å². The number of rotatable bonds is 4. The number of anilines is 1. The van der Waals surface area contributed by atoms with Crippen molar-refractivity contribution in [3.05, 3.63) is 59.7 Å². The number of hydrogen-bond acceptors (Lipinski definition) is 6. The SMILES string of the molecule is CCSc1nnc2c(n1)O[C@@H](c1ccc(C(C)C)cc1)N(C(C)=O)c1ccccc1-2. The van der Waals surface area contributed by atoms with Gasteiger partial charge >= 0.3 is 0 Å². The highest BCUT2D eigenvalue weighted by Gasteiger charge is 2.34. The molecular formula is C23H24N4O2S. The van der Waals surface area contributed by atoms with Gasteiger partial charge in [0, 0.05) is 18.1 Å². The van der Waals surface area contributed by atoms with Gasteiger partial charge in [-0.3, -0.25) is 9.69 Å². The summed E-state index contributed by atoms with van der Waals surface area (Å²) in [5.41, 5.74) is 4.15. The number of aromatic nitrogens is 3. The van der Waals surface area contributed by atoms with Gasteiger partial charge in [-0.2, -0.15) is 4.98 Å². The predicted octanol–water partition coefficient (Wildman–Crippen LogP) is 5.22. The van der Waals surface area contributed by atoms with E-state index in [9.17, 15) is 4.79 Å². The highest BCUT2D eigenvalue weighted by Crippen LogP contribution is 2.43. The molecule has 1 aliphatic heterocycles. The molecule has 3 aromatic rings. The first-order valence-electron chi connectivity index (χ1n) is 10.0. The summed E-state index contributed by atoms with van der Waals surface area (Å²) in [6, 6.07) is 15.8. The lowest BCUT2D eigenvalue weighted by atomic mass is 10.0. The van der Waals surface area contributed by atoms with E-state index >= 15 is 0 Å². The van der Waals surface area contributed by atoms with Crippen molar-refractivity contribution in [3.63, 3.8) is 0 Å². The normalized spacial score (nSPS) is 15.2.